The summed E-state index contributed by atoms with van der Waals surface area (Å²) in [7, 11) is 0. The summed E-state index contributed by atoms with van der Waals surface area (Å²) in [5, 5.41) is 22.2. The fraction of sp³-hybridized carbons (Fsp3) is 0.741. The summed E-state index contributed by atoms with van der Waals surface area (Å²) in [5.74, 6) is -1.36. The molecule has 9 nitrogen and oxygen atoms in total. The number of rotatable bonds is 4. The van der Waals surface area contributed by atoms with Gasteiger partial charge in [0, 0.05) is 12.3 Å². The summed E-state index contributed by atoms with van der Waals surface area (Å²) in [6.45, 7) is 9.14. The molecular formula is C27H41ClN2O7. The lowest BCUT2D eigenvalue weighted by Crippen LogP contribution is -2.46. The number of oxazole rings is 1. The van der Waals surface area contributed by atoms with Crippen LogP contribution in [0.25, 0.3) is 6.08 Å². The quantitative estimate of drug-likeness (QED) is 0.383. The second-order valence-corrected chi connectivity index (χ2v) is 11.6. The van der Waals surface area contributed by atoms with Crippen molar-refractivity contribution in [2.75, 3.05) is 0 Å². The maximum absolute atomic E-state index is 13.4. The molecule has 2 aliphatic heterocycles. The van der Waals surface area contributed by atoms with Crippen LogP contribution in [0, 0.1) is 17.3 Å². The predicted molar refractivity (Wildman–Crippen MR) is 138 cm³/mol. The number of esters is 1. The first kappa shape index (κ1) is 29.8. The van der Waals surface area contributed by atoms with Gasteiger partial charge < -0.3 is 29.8 Å². The zero-order valence-corrected chi connectivity index (χ0v) is 23.2. The minimum atomic E-state index is -1.30. The monoisotopic (exact) mass is 540 g/mol. The van der Waals surface area contributed by atoms with Crippen LogP contribution in [-0.4, -0.2) is 57.0 Å². The van der Waals surface area contributed by atoms with Crippen molar-refractivity contribution in [3.05, 3.63) is 22.9 Å². The van der Waals surface area contributed by atoms with E-state index in [4.69, 9.17) is 31.2 Å². The van der Waals surface area contributed by atoms with Gasteiger partial charge in [-0.2, -0.15) is 0 Å². The minimum absolute atomic E-state index is 0.105. The van der Waals surface area contributed by atoms with E-state index in [0.29, 0.717) is 24.4 Å². The van der Waals surface area contributed by atoms with E-state index in [9.17, 15) is 19.8 Å². The van der Waals surface area contributed by atoms with Crippen molar-refractivity contribution in [1.29, 1.82) is 0 Å². The molecule has 0 unspecified atom stereocenters. The third kappa shape index (κ3) is 7.00. The SMILES string of the molecule is CC[C@H]1C(=O)C(C)(C)[C@@H](O)CC(=O)O[C@H](C(Cl)=Cc2coc(CN)n2)C[C@@H]2O[C@]2(C)CCC[C@H](C)[C@@H]1O. The van der Waals surface area contributed by atoms with Crippen LogP contribution in [0.3, 0.4) is 0 Å². The van der Waals surface area contributed by atoms with Gasteiger partial charge in [0.15, 0.2) is 0 Å². The lowest BCUT2D eigenvalue weighted by molar-refractivity contribution is -0.154. The average molecular weight is 541 g/mol. The Hall–Kier alpha value is -1.78. The van der Waals surface area contributed by atoms with E-state index in [2.05, 4.69) is 4.98 Å². The van der Waals surface area contributed by atoms with Gasteiger partial charge in [0.05, 0.1) is 47.3 Å². The summed E-state index contributed by atoms with van der Waals surface area (Å²) in [5.41, 5.74) is 4.34. The van der Waals surface area contributed by atoms with Crippen LogP contribution in [0.15, 0.2) is 15.7 Å². The summed E-state index contributed by atoms with van der Waals surface area (Å²) in [6.07, 6.45) is 2.48. The van der Waals surface area contributed by atoms with Gasteiger partial charge in [-0.3, -0.25) is 9.59 Å². The number of hydrogen-bond acceptors (Lipinski definition) is 9. The molecule has 3 rings (SSSR count). The lowest BCUT2D eigenvalue weighted by atomic mass is 9.71. The van der Waals surface area contributed by atoms with Crippen molar-refractivity contribution >= 4 is 29.4 Å². The van der Waals surface area contributed by atoms with Crippen LogP contribution in [0.5, 0.6) is 0 Å². The lowest BCUT2D eigenvalue weighted by Gasteiger charge is -2.35. The number of carbonyl (C=O) groups excluding carboxylic acids is 2. The Morgan fingerprint density at radius 1 is 1.30 bits per heavy atom. The van der Waals surface area contributed by atoms with Crippen molar-refractivity contribution in [1.82, 2.24) is 4.98 Å². The van der Waals surface area contributed by atoms with Crippen LogP contribution in [0.4, 0.5) is 0 Å². The van der Waals surface area contributed by atoms with Gasteiger partial charge >= 0.3 is 5.97 Å². The van der Waals surface area contributed by atoms with Crippen molar-refractivity contribution in [3.63, 3.8) is 0 Å². The minimum Gasteiger partial charge on any atom is -0.456 e. The largest absolute Gasteiger partial charge is 0.456 e. The number of aliphatic hydroxyl groups is 2. The van der Waals surface area contributed by atoms with Crippen molar-refractivity contribution < 1.29 is 33.7 Å². The van der Waals surface area contributed by atoms with E-state index in [1.165, 1.54) is 6.26 Å². The maximum Gasteiger partial charge on any atom is 0.309 e. The molecule has 208 valence electrons. The summed E-state index contributed by atoms with van der Waals surface area (Å²) >= 11 is 6.60. The Morgan fingerprint density at radius 2 is 2.00 bits per heavy atom. The summed E-state index contributed by atoms with van der Waals surface area (Å²) in [6, 6.07) is 0. The van der Waals surface area contributed by atoms with Crippen molar-refractivity contribution in [2.45, 2.75) is 110 Å². The summed E-state index contributed by atoms with van der Waals surface area (Å²) in [4.78, 5) is 30.6. The molecular weight excluding hydrogens is 500 g/mol. The molecule has 0 amide bonds. The molecule has 2 fully saturated rings. The Kier molecular flexibility index (Phi) is 9.61. The summed E-state index contributed by atoms with van der Waals surface area (Å²) < 4.78 is 17.0. The molecule has 7 atom stereocenters. The molecule has 0 saturated carbocycles. The molecule has 4 N–H and O–H groups in total. The Balaban J connectivity index is 1.87. The maximum atomic E-state index is 13.4. The smallest absolute Gasteiger partial charge is 0.309 e. The molecule has 2 saturated heterocycles. The van der Waals surface area contributed by atoms with E-state index in [-0.39, 0.29) is 29.4 Å². The van der Waals surface area contributed by atoms with Crippen LogP contribution < -0.4 is 5.73 Å². The molecule has 1 aromatic rings. The number of halogens is 1. The van der Waals surface area contributed by atoms with E-state index in [1.807, 2.05) is 20.8 Å². The van der Waals surface area contributed by atoms with Gasteiger partial charge in [-0.1, -0.05) is 45.7 Å². The normalized spacial score (nSPS) is 36.1. The van der Waals surface area contributed by atoms with E-state index >= 15 is 0 Å². The number of Topliss-reactive ketones (excluding diaryl/α,β-unsaturated/α-hetero) is 1. The first-order chi connectivity index (χ1) is 17.3. The van der Waals surface area contributed by atoms with Gasteiger partial charge in [-0.15, -0.1) is 0 Å². The predicted octanol–water partition coefficient (Wildman–Crippen LogP) is 3.73. The molecule has 10 heteroatoms. The second kappa shape index (κ2) is 11.9. The van der Waals surface area contributed by atoms with Gasteiger partial charge in [0.1, 0.15) is 23.8 Å². The molecule has 0 aliphatic carbocycles. The number of aromatic nitrogens is 1. The molecule has 3 heterocycles. The number of nitrogens with two attached hydrogens (primary N) is 1. The van der Waals surface area contributed by atoms with E-state index in [1.54, 1.807) is 19.9 Å². The molecule has 0 bridgehead atoms. The van der Waals surface area contributed by atoms with Crippen LogP contribution in [0.2, 0.25) is 0 Å². The molecule has 0 spiro atoms. The molecule has 37 heavy (non-hydrogen) atoms. The number of carbonyl (C=O) groups is 2. The van der Waals surface area contributed by atoms with Crippen LogP contribution in [-0.2, 0) is 25.6 Å². The average Bonchev–Trinajstić information content (AvgIpc) is 3.24. The zero-order chi connectivity index (χ0) is 27.5. The van der Waals surface area contributed by atoms with Gasteiger partial charge in [-0.25, -0.2) is 4.98 Å². The third-order valence-electron chi connectivity index (χ3n) is 8.01. The highest BCUT2D eigenvalue weighted by Crippen LogP contribution is 2.45. The number of nitrogens with zero attached hydrogens (tertiary/aromatic N) is 1. The Bertz CT molecular complexity index is 993. The third-order valence-corrected chi connectivity index (χ3v) is 8.36. The number of epoxide rings is 1. The first-order valence-electron chi connectivity index (χ1n) is 13.1. The fourth-order valence-electron chi connectivity index (χ4n) is 5.13. The molecule has 0 aromatic carbocycles. The second-order valence-electron chi connectivity index (χ2n) is 11.2. The highest BCUT2D eigenvalue weighted by atomic mass is 35.5. The zero-order valence-electron chi connectivity index (χ0n) is 22.4. The molecule has 1 aromatic heterocycles. The van der Waals surface area contributed by atoms with Gasteiger partial charge in [0.2, 0.25) is 5.89 Å². The van der Waals surface area contributed by atoms with Crippen LogP contribution >= 0.6 is 11.6 Å². The Labute approximate surface area is 223 Å². The van der Waals surface area contributed by atoms with E-state index < -0.39 is 47.6 Å². The standard InChI is InChI=1S/C27H41ClN2O7/c1-6-17-24(33)15(2)8-7-9-27(5)21(37-27)11-19(18(28)10-16-14-35-22(13-29)30-16)36-23(32)12-20(31)26(3,4)25(17)34/h10,14-15,17,19-21,24,31,33H,6-9,11-13,29H2,1-5H3/t15-,17+,19-,20-,21-,24-,27+/m0/s1. The Morgan fingerprint density at radius 3 is 2.62 bits per heavy atom. The topological polar surface area (TPSA) is 148 Å². The van der Waals surface area contributed by atoms with Gasteiger partial charge in [0.25, 0.3) is 0 Å². The van der Waals surface area contributed by atoms with Gasteiger partial charge in [-0.05, 0) is 38.2 Å². The number of ether oxygens (including phenoxy) is 2. The number of hydrogen-bond donors (Lipinski definition) is 3. The first-order valence-corrected chi connectivity index (χ1v) is 13.5. The number of cyclic esters (lactones) is 1. The number of ketones is 1. The highest BCUT2D eigenvalue weighted by molar-refractivity contribution is 6.32. The molecule has 2 aliphatic rings. The van der Waals surface area contributed by atoms with Crippen molar-refractivity contribution in [3.8, 4) is 0 Å². The van der Waals surface area contributed by atoms with E-state index in [0.717, 1.165) is 19.3 Å². The number of aliphatic hydroxyl groups excluding tert-OH is 2. The highest BCUT2D eigenvalue weighted by Gasteiger charge is 2.53. The van der Waals surface area contributed by atoms with Crippen LogP contribution in [0.1, 0.15) is 84.7 Å². The fourth-order valence-corrected chi connectivity index (χ4v) is 5.37. The number of fused-ring (bicyclic) bond motifs is 1. The van der Waals surface area contributed by atoms with Crippen molar-refractivity contribution in [2.24, 2.45) is 23.0 Å². The molecule has 0 radical (unpaired) electrons.